The normalized spacial score (nSPS) is 11.9. The zero-order chi connectivity index (χ0) is 11.1. The number of fused-ring (bicyclic) bond motifs is 1. The number of aromatic nitrogens is 4. The molecule has 78 valence electrons. The molecule has 2 aromatic rings. The van der Waals surface area contributed by atoms with Crippen molar-refractivity contribution >= 4 is 11.2 Å². The Morgan fingerprint density at radius 1 is 1.20 bits per heavy atom. The van der Waals surface area contributed by atoms with Crippen molar-refractivity contribution in [3.63, 3.8) is 0 Å². The van der Waals surface area contributed by atoms with Gasteiger partial charge in [0.1, 0.15) is 5.52 Å². The summed E-state index contributed by atoms with van der Waals surface area (Å²) in [6, 6.07) is 0. The number of nitrogens with one attached hydrogen (secondary N) is 1. The lowest BCUT2D eigenvalue weighted by Crippen LogP contribution is -2.13. The Balaban J connectivity index is 2.70. The second-order valence-corrected chi connectivity index (χ2v) is 2.67. The highest BCUT2D eigenvalue weighted by molar-refractivity contribution is 5.67. The van der Waals surface area contributed by atoms with E-state index in [1.165, 1.54) is 0 Å². The summed E-state index contributed by atoms with van der Waals surface area (Å²) in [6.45, 7) is 0. The van der Waals surface area contributed by atoms with Crippen molar-refractivity contribution in [2.75, 3.05) is 0 Å². The summed E-state index contributed by atoms with van der Waals surface area (Å²) >= 11 is 0. The van der Waals surface area contributed by atoms with Crippen LogP contribution in [0.2, 0.25) is 0 Å². The predicted octanol–water partition coefficient (Wildman–Crippen LogP) is 0.732. The van der Waals surface area contributed by atoms with Crippen molar-refractivity contribution in [1.29, 1.82) is 0 Å². The first kappa shape index (κ1) is 9.56. The van der Waals surface area contributed by atoms with Crippen LogP contribution in [0.1, 0.15) is 5.82 Å². The maximum Gasteiger partial charge on any atom is 0.451 e. The summed E-state index contributed by atoms with van der Waals surface area (Å²) in [5, 5.41) is 0. The molecule has 0 amide bonds. The predicted molar refractivity (Wildman–Crippen MR) is 43.0 cm³/mol. The van der Waals surface area contributed by atoms with Gasteiger partial charge in [0, 0.05) is 0 Å². The third-order valence-corrected chi connectivity index (χ3v) is 1.59. The van der Waals surface area contributed by atoms with Gasteiger partial charge in [-0.15, -0.1) is 0 Å². The van der Waals surface area contributed by atoms with Gasteiger partial charge in [0.25, 0.3) is 5.56 Å². The van der Waals surface area contributed by atoms with Crippen molar-refractivity contribution < 1.29 is 13.2 Å². The minimum atomic E-state index is -4.64. The van der Waals surface area contributed by atoms with E-state index in [0.29, 0.717) is 0 Å². The summed E-state index contributed by atoms with van der Waals surface area (Å²) < 4.78 is 36.5. The Kier molecular flexibility index (Phi) is 1.92. The molecule has 1 N–H and O–H groups in total. The zero-order valence-electron chi connectivity index (χ0n) is 7.04. The Hall–Kier alpha value is -1.99. The summed E-state index contributed by atoms with van der Waals surface area (Å²) in [5.74, 6) is -1.31. The molecule has 0 saturated carbocycles. The third kappa shape index (κ3) is 1.78. The first-order valence-electron chi connectivity index (χ1n) is 3.76. The lowest BCUT2D eigenvalue weighted by Gasteiger charge is -2.03. The average Bonchev–Trinajstić information content (AvgIpc) is 2.15. The van der Waals surface area contributed by atoms with Crippen molar-refractivity contribution in [2.24, 2.45) is 0 Å². The van der Waals surface area contributed by atoms with Gasteiger partial charge in [0.05, 0.1) is 12.4 Å². The van der Waals surface area contributed by atoms with Crippen LogP contribution < -0.4 is 5.56 Å². The van der Waals surface area contributed by atoms with Crippen LogP contribution in [0.25, 0.3) is 11.2 Å². The van der Waals surface area contributed by atoms with E-state index in [4.69, 9.17) is 0 Å². The maximum atomic E-state index is 12.2. The summed E-state index contributed by atoms with van der Waals surface area (Å²) in [4.78, 5) is 22.7. The first-order valence-corrected chi connectivity index (χ1v) is 3.76. The number of hydrogen-bond donors (Lipinski definition) is 1. The highest BCUT2D eigenvalue weighted by Gasteiger charge is 2.34. The molecule has 0 saturated heterocycles. The number of alkyl halides is 3. The molecule has 0 aromatic carbocycles. The Labute approximate surface area is 80.0 Å². The second kappa shape index (κ2) is 3.01. The Morgan fingerprint density at radius 2 is 1.93 bits per heavy atom. The molecule has 2 aromatic heterocycles. The molecule has 0 aliphatic carbocycles. The van der Waals surface area contributed by atoms with Gasteiger partial charge in [-0.1, -0.05) is 0 Å². The largest absolute Gasteiger partial charge is 0.451 e. The van der Waals surface area contributed by atoms with Crippen LogP contribution in [0, 0.1) is 0 Å². The van der Waals surface area contributed by atoms with Gasteiger partial charge in [0.2, 0.25) is 5.82 Å². The van der Waals surface area contributed by atoms with E-state index in [2.05, 4.69) is 19.9 Å². The molecule has 0 atom stereocenters. The van der Waals surface area contributed by atoms with Gasteiger partial charge in [-0.25, -0.2) is 15.0 Å². The molecule has 15 heavy (non-hydrogen) atoms. The van der Waals surface area contributed by atoms with Gasteiger partial charge < -0.3 is 4.98 Å². The fourth-order valence-electron chi connectivity index (χ4n) is 0.976. The van der Waals surface area contributed by atoms with Gasteiger partial charge in [-0.3, -0.25) is 4.79 Å². The molecular formula is C7H3F3N4O. The van der Waals surface area contributed by atoms with Gasteiger partial charge >= 0.3 is 6.18 Å². The molecule has 0 unspecified atom stereocenters. The van der Waals surface area contributed by atoms with Gasteiger partial charge in [0.15, 0.2) is 5.65 Å². The van der Waals surface area contributed by atoms with Crippen molar-refractivity contribution in [1.82, 2.24) is 19.9 Å². The molecule has 0 aliphatic heterocycles. The molecule has 5 nitrogen and oxygen atoms in total. The molecule has 0 aliphatic rings. The maximum absolute atomic E-state index is 12.2. The summed E-state index contributed by atoms with van der Waals surface area (Å²) in [5.41, 5.74) is -0.748. The number of H-pyrrole nitrogens is 1. The van der Waals surface area contributed by atoms with Gasteiger partial charge in [-0.05, 0) is 0 Å². The highest BCUT2D eigenvalue weighted by atomic mass is 19.4. The second-order valence-electron chi connectivity index (χ2n) is 2.67. The van der Waals surface area contributed by atoms with E-state index in [0.717, 1.165) is 12.4 Å². The lowest BCUT2D eigenvalue weighted by molar-refractivity contribution is -0.144. The van der Waals surface area contributed by atoms with E-state index >= 15 is 0 Å². The monoisotopic (exact) mass is 216 g/mol. The number of rotatable bonds is 0. The Bertz CT molecular complexity index is 562. The van der Waals surface area contributed by atoms with Crippen LogP contribution in [0.15, 0.2) is 17.2 Å². The number of nitrogens with zero attached hydrogens (tertiary/aromatic N) is 3. The molecule has 8 heteroatoms. The van der Waals surface area contributed by atoms with Crippen LogP contribution in [0.4, 0.5) is 13.2 Å². The van der Waals surface area contributed by atoms with E-state index in [-0.39, 0.29) is 11.2 Å². The third-order valence-electron chi connectivity index (χ3n) is 1.59. The standard InChI is InChI=1S/C7H3F3N4O/c8-7(9,10)6-12-1-3-5(14-6)13-4(15)2-11-3/h1-2H,(H,12,13,14,15). The van der Waals surface area contributed by atoms with Gasteiger partial charge in [-0.2, -0.15) is 13.2 Å². The van der Waals surface area contributed by atoms with Crippen molar-refractivity contribution in [3.05, 3.63) is 28.6 Å². The fourth-order valence-corrected chi connectivity index (χ4v) is 0.976. The number of hydrogen-bond acceptors (Lipinski definition) is 4. The molecule has 2 rings (SSSR count). The molecule has 0 bridgehead atoms. The van der Waals surface area contributed by atoms with Crippen LogP contribution in [0.5, 0.6) is 0 Å². The number of halogens is 3. The van der Waals surface area contributed by atoms with Crippen molar-refractivity contribution in [2.45, 2.75) is 6.18 Å². The molecule has 0 fully saturated rings. The molecule has 0 radical (unpaired) electrons. The molecule has 0 spiro atoms. The van der Waals surface area contributed by atoms with E-state index in [9.17, 15) is 18.0 Å². The number of aromatic amines is 1. The zero-order valence-corrected chi connectivity index (χ0v) is 7.04. The highest BCUT2D eigenvalue weighted by Crippen LogP contribution is 2.25. The summed E-state index contributed by atoms with van der Waals surface area (Å²) in [7, 11) is 0. The molecule has 2 heterocycles. The lowest BCUT2D eigenvalue weighted by atomic mass is 10.5. The molecular weight excluding hydrogens is 213 g/mol. The minimum Gasteiger partial charge on any atom is -0.304 e. The first-order chi connectivity index (χ1) is 6.97. The van der Waals surface area contributed by atoms with Crippen LogP contribution in [-0.2, 0) is 6.18 Å². The topological polar surface area (TPSA) is 71.5 Å². The quantitative estimate of drug-likeness (QED) is 0.704. The smallest absolute Gasteiger partial charge is 0.304 e. The van der Waals surface area contributed by atoms with Crippen LogP contribution in [-0.4, -0.2) is 19.9 Å². The fraction of sp³-hybridized carbons (Fsp3) is 0.143. The minimum absolute atomic E-state index is 0.0996. The van der Waals surface area contributed by atoms with Crippen LogP contribution >= 0.6 is 0 Å². The SMILES string of the molecule is O=c1cnc2cnc(C(F)(F)F)nc2[nH]1. The van der Waals surface area contributed by atoms with Crippen molar-refractivity contribution in [3.8, 4) is 0 Å². The Morgan fingerprint density at radius 3 is 2.60 bits per heavy atom. The van der Waals surface area contributed by atoms with Crippen LogP contribution in [0.3, 0.4) is 0 Å². The summed E-state index contributed by atoms with van der Waals surface area (Å²) in [6.07, 6.45) is -2.79. The average molecular weight is 216 g/mol. The van der Waals surface area contributed by atoms with E-state index < -0.39 is 17.6 Å². The van der Waals surface area contributed by atoms with E-state index in [1.807, 2.05) is 0 Å². The van der Waals surface area contributed by atoms with E-state index in [1.54, 1.807) is 0 Å².